The summed E-state index contributed by atoms with van der Waals surface area (Å²) in [7, 11) is 0. The highest BCUT2D eigenvalue weighted by Crippen LogP contribution is 2.07. The Labute approximate surface area is 117 Å². The minimum atomic E-state index is 0.193. The number of rotatable bonds is 8. The van der Waals surface area contributed by atoms with Crippen LogP contribution in [0.3, 0.4) is 0 Å². The zero-order valence-electron chi connectivity index (χ0n) is 12.5. The minimum absolute atomic E-state index is 0.193. The summed E-state index contributed by atoms with van der Waals surface area (Å²) in [6.07, 6.45) is 3.86. The third-order valence-corrected chi connectivity index (χ3v) is 2.83. The lowest BCUT2D eigenvalue weighted by molar-refractivity contribution is 0.125. The van der Waals surface area contributed by atoms with Gasteiger partial charge in [0, 0.05) is 5.54 Å². The standard InChI is InChI=1S/C17H27NO/c1-5-6-13-19-14-16-9-7-15(8-10-16)11-12-18-17(2,3)4/h5,7-10,18H,1,6,11-14H2,2-4H3. The molecule has 1 rings (SSSR count). The Morgan fingerprint density at radius 3 is 2.37 bits per heavy atom. The molecular formula is C17H27NO. The third-order valence-electron chi connectivity index (χ3n) is 2.83. The van der Waals surface area contributed by atoms with Crippen LogP contribution in [-0.2, 0) is 17.8 Å². The summed E-state index contributed by atoms with van der Waals surface area (Å²) >= 11 is 0. The molecule has 2 heteroatoms. The molecule has 0 unspecified atom stereocenters. The normalized spacial score (nSPS) is 11.5. The summed E-state index contributed by atoms with van der Waals surface area (Å²) in [4.78, 5) is 0. The Bertz CT molecular complexity index is 362. The largest absolute Gasteiger partial charge is 0.376 e. The van der Waals surface area contributed by atoms with E-state index in [2.05, 4.69) is 56.9 Å². The lowest BCUT2D eigenvalue weighted by atomic mass is 10.1. The van der Waals surface area contributed by atoms with Gasteiger partial charge in [-0.25, -0.2) is 0 Å². The second-order valence-corrected chi connectivity index (χ2v) is 5.87. The van der Waals surface area contributed by atoms with Crippen LogP contribution in [-0.4, -0.2) is 18.7 Å². The number of nitrogens with one attached hydrogen (secondary N) is 1. The first-order valence-electron chi connectivity index (χ1n) is 7.03. The van der Waals surface area contributed by atoms with E-state index in [-0.39, 0.29) is 5.54 Å². The smallest absolute Gasteiger partial charge is 0.0717 e. The van der Waals surface area contributed by atoms with Gasteiger partial charge in [-0.3, -0.25) is 0 Å². The first kappa shape index (κ1) is 15.9. The van der Waals surface area contributed by atoms with Crippen LogP contribution >= 0.6 is 0 Å². The summed E-state index contributed by atoms with van der Waals surface area (Å²) in [5.74, 6) is 0. The monoisotopic (exact) mass is 261 g/mol. The molecule has 0 amide bonds. The predicted octanol–water partition coefficient (Wildman–Crippen LogP) is 3.71. The number of hydrogen-bond donors (Lipinski definition) is 1. The molecule has 0 aromatic heterocycles. The second kappa shape index (κ2) is 8.13. The van der Waals surface area contributed by atoms with Gasteiger partial charge in [-0.2, -0.15) is 0 Å². The Kier molecular flexibility index (Phi) is 6.82. The molecule has 0 bridgehead atoms. The molecule has 0 aliphatic carbocycles. The van der Waals surface area contributed by atoms with Crippen LogP contribution in [0.15, 0.2) is 36.9 Å². The van der Waals surface area contributed by atoms with Crippen LogP contribution in [0.4, 0.5) is 0 Å². The van der Waals surface area contributed by atoms with E-state index in [1.54, 1.807) is 0 Å². The van der Waals surface area contributed by atoms with Crippen molar-refractivity contribution >= 4 is 0 Å². The second-order valence-electron chi connectivity index (χ2n) is 5.87. The van der Waals surface area contributed by atoms with Gasteiger partial charge in [-0.15, -0.1) is 6.58 Å². The quantitative estimate of drug-likeness (QED) is 0.569. The first-order valence-corrected chi connectivity index (χ1v) is 7.03. The molecule has 0 spiro atoms. The van der Waals surface area contributed by atoms with E-state index in [4.69, 9.17) is 4.74 Å². The highest BCUT2D eigenvalue weighted by Gasteiger charge is 2.07. The molecule has 0 fully saturated rings. The average Bonchev–Trinajstić information content (AvgIpc) is 2.35. The molecule has 1 N–H and O–H groups in total. The van der Waals surface area contributed by atoms with Crippen molar-refractivity contribution in [1.29, 1.82) is 0 Å². The predicted molar refractivity (Wildman–Crippen MR) is 82.4 cm³/mol. The number of ether oxygens (including phenoxy) is 1. The Hall–Kier alpha value is -1.12. The summed E-state index contributed by atoms with van der Waals surface area (Å²) in [6.45, 7) is 12.7. The Balaban J connectivity index is 2.29. The molecule has 2 nitrogen and oxygen atoms in total. The summed E-state index contributed by atoms with van der Waals surface area (Å²) in [5.41, 5.74) is 2.79. The van der Waals surface area contributed by atoms with Crippen LogP contribution in [0.2, 0.25) is 0 Å². The molecule has 0 radical (unpaired) electrons. The zero-order valence-corrected chi connectivity index (χ0v) is 12.5. The minimum Gasteiger partial charge on any atom is -0.376 e. The average molecular weight is 261 g/mol. The number of benzene rings is 1. The van der Waals surface area contributed by atoms with Crippen LogP contribution < -0.4 is 5.32 Å². The van der Waals surface area contributed by atoms with Crippen molar-refractivity contribution in [3.05, 3.63) is 48.0 Å². The van der Waals surface area contributed by atoms with Gasteiger partial charge in [0.2, 0.25) is 0 Å². The van der Waals surface area contributed by atoms with Gasteiger partial charge in [0.25, 0.3) is 0 Å². The third kappa shape index (κ3) is 7.81. The van der Waals surface area contributed by atoms with E-state index < -0.39 is 0 Å². The molecule has 0 aliphatic heterocycles. The molecule has 19 heavy (non-hydrogen) atoms. The first-order chi connectivity index (χ1) is 9.01. The lowest BCUT2D eigenvalue weighted by Crippen LogP contribution is -2.37. The molecule has 0 heterocycles. The van der Waals surface area contributed by atoms with Crippen molar-refractivity contribution in [2.45, 2.75) is 45.8 Å². The van der Waals surface area contributed by atoms with Crippen LogP contribution in [0, 0.1) is 0 Å². The topological polar surface area (TPSA) is 21.3 Å². The van der Waals surface area contributed by atoms with Crippen molar-refractivity contribution in [3.8, 4) is 0 Å². The van der Waals surface area contributed by atoms with Crippen molar-refractivity contribution in [2.75, 3.05) is 13.2 Å². The van der Waals surface area contributed by atoms with E-state index >= 15 is 0 Å². The van der Waals surface area contributed by atoms with Gasteiger partial charge in [-0.05, 0) is 51.3 Å². The highest BCUT2D eigenvalue weighted by molar-refractivity contribution is 5.22. The lowest BCUT2D eigenvalue weighted by Gasteiger charge is -2.20. The van der Waals surface area contributed by atoms with Crippen molar-refractivity contribution in [3.63, 3.8) is 0 Å². The van der Waals surface area contributed by atoms with Gasteiger partial charge in [0.05, 0.1) is 13.2 Å². The zero-order chi connectivity index (χ0) is 14.1. The fourth-order valence-electron chi connectivity index (χ4n) is 1.74. The van der Waals surface area contributed by atoms with Gasteiger partial charge in [0.1, 0.15) is 0 Å². The number of hydrogen-bond acceptors (Lipinski definition) is 2. The van der Waals surface area contributed by atoms with Crippen molar-refractivity contribution in [2.24, 2.45) is 0 Å². The van der Waals surface area contributed by atoms with E-state index in [0.717, 1.165) is 26.0 Å². The SMILES string of the molecule is C=CCCOCc1ccc(CCNC(C)(C)C)cc1. The molecule has 0 atom stereocenters. The van der Waals surface area contributed by atoms with E-state index in [9.17, 15) is 0 Å². The Morgan fingerprint density at radius 1 is 1.16 bits per heavy atom. The van der Waals surface area contributed by atoms with E-state index in [0.29, 0.717) is 6.61 Å². The van der Waals surface area contributed by atoms with E-state index in [1.807, 2.05) is 6.08 Å². The molecule has 1 aromatic carbocycles. The maximum Gasteiger partial charge on any atom is 0.0717 e. The molecule has 0 saturated carbocycles. The highest BCUT2D eigenvalue weighted by atomic mass is 16.5. The van der Waals surface area contributed by atoms with Crippen molar-refractivity contribution in [1.82, 2.24) is 5.32 Å². The van der Waals surface area contributed by atoms with Crippen molar-refractivity contribution < 1.29 is 4.74 Å². The molecule has 0 aliphatic rings. The summed E-state index contributed by atoms with van der Waals surface area (Å²) in [6, 6.07) is 8.69. The molecule has 1 aromatic rings. The summed E-state index contributed by atoms with van der Waals surface area (Å²) < 4.78 is 5.54. The molecule has 106 valence electrons. The fourth-order valence-corrected chi connectivity index (χ4v) is 1.74. The van der Waals surface area contributed by atoms with Crippen LogP contribution in [0.25, 0.3) is 0 Å². The maximum absolute atomic E-state index is 5.54. The van der Waals surface area contributed by atoms with Gasteiger partial charge < -0.3 is 10.1 Å². The van der Waals surface area contributed by atoms with Gasteiger partial charge in [0.15, 0.2) is 0 Å². The molecular weight excluding hydrogens is 234 g/mol. The molecule has 0 saturated heterocycles. The fraction of sp³-hybridized carbons (Fsp3) is 0.529. The summed E-state index contributed by atoms with van der Waals surface area (Å²) in [5, 5.41) is 3.50. The van der Waals surface area contributed by atoms with Crippen LogP contribution in [0.1, 0.15) is 38.3 Å². The van der Waals surface area contributed by atoms with Gasteiger partial charge >= 0.3 is 0 Å². The Morgan fingerprint density at radius 2 is 1.79 bits per heavy atom. The van der Waals surface area contributed by atoms with E-state index in [1.165, 1.54) is 11.1 Å². The van der Waals surface area contributed by atoms with Crippen LogP contribution in [0.5, 0.6) is 0 Å². The van der Waals surface area contributed by atoms with Gasteiger partial charge in [-0.1, -0.05) is 30.3 Å². The maximum atomic E-state index is 5.54.